The van der Waals surface area contributed by atoms with Crippen LogP contribution < -0.4 is 14.4 Å². The second-order valence-electron chi connectivity index (χ2n) is 8.06. The van der Waals surface area contributed by atoms with Crippen molar-refractivity contribution in [3.8, 4) is 5.75 Å². The minimum atomic E-state index is -3.47. The summed E-state index contributed by atoms with van der Waals surface area (Å²) in [6, 6.07) is 14.9. The molecule has 1 aliphatic rings. The lowest BCUT2D eigenvalue weighted by atomic mass is 10.1. The van der Waals surface area contributed by atoms with Crippen molar-refractivity contribution >= 4 is 26.7 Å². The number of nitrogens with zero attached hydrogens (tertiary/aromatic N) is 4. The van der Waals surface area contributed by atoms with Gasteiger partial charge in [0.25, 0.3) is 0 Å². The maximum Gasteiger partial charge on any atom is 0.240 e. The highest BCUT2D eigenvalue weighted by Crippen LogP contribution is 2.21. The Morgan fingerprint density at radius 2 is 1.85 bits per heavy atom. The van der Waals surface area contributed by atoms with Gasteiger partial charge in [0.1, 0.15) is 11.6 Å². The summed E-state index contributed by atoms with van der Waals surface area (Å²) in [5, 5.41) is 0.938. The van der Waals surface area contributed by atoms with Crippen LogP contribution in [0.15, 0.2) is 53.4 Å². The fourth-order valence-corrected chi connectivity index (χ4v) is 5.47. The van der Waals surface area contributed by atoms with E-state index in [1.165, 1.54) is 11.5 Å². The van der Waals surface area contributed by atoms with Crippen molar-refractivity contribution in [2.75, 3.05) is 51.3 Å². The lowest BCUT2D eigenvalue weighted by Crippen LogP contribution is -2.48. The summed E-state index contributed by atoms with van der Waals surface area (Å²) in [6.07, 6.45) is 0.675. The highest BCUT2D eigenvalue weighted by Gasteiger charge is 2.21. The summed E-state index contributed by atoms with van der Waals surface area (Å²) in [4.78, 5) is 9.55. The van der Waals surface area contributed by atoms with Crippen LogP contribution in [-0.2, 0) is 16.4 Å². The summed E-state index contributed by atoms with van der Waals surface area (Å²) < 4.78 is 37.4. The van der Waals surface area contributed by atoms with Gasteiger partial charge in [-0.05, 0) is 36.8 Å². The highest BCUT2D eigenvalue weighted by atomic mass is 32.2. The van der Waals surface area contributed by atoms with E-state index in [-0.39, 0.29) is 0 Å². The van der Waals surface area contributed by atoms with Gasteiger partial charge in [-0.15, -0.1) is 0 Å². The number of ether oxygens (including phenoxy) is 1. The molecular weight excluding hydrogens is 458 g/mol. The molecular formula is C23H29N5O3S2. The van der Waals surface area contributed by atoms with Crippen molar-refractivity contribution in [1.29, 1.82) is 0 Å². The molecule has 3 aromatic rings. The highest BCUT2D eigenvalue weighted by molar-refractivity contribution is 7.89. The number of anilines is 1. The van der Waals surface area contributed by atoms with Crippen LogP contribution in [0.3, 0.4) is 0 Å². The molecule has 1 aliphatic heterocycles. The first kappa shape index (κ1) is 23.6. The van der Waals surface area contributed by atoms with Crippen molar-refractivity contribution in [1.82, 2.24) is 19.0 Å². The third-order valence-corrected chi connectivity index (χ3v) is 7.94. The molecule has 1 N–H and O–H groups in total. The normalized spacial score (nSPS) is 15.0. The first-order valence-corrected chi connectivity index (χ1v) is 13.2. The van der Waals surface area contributed by atoms with Gasteiger partial charge in [-0.25, -0.2) is 18.1 Å². The van der Waals surface area contributed by atoms with Crippen molar-refractivity contribution in [2.24, 2.45) is 0 Å². The lowest BCUT2D eigenvalue weighted by Gasteiger charge is -2.34. The SMILES string of the molecule is COc1cccc(Cc2nsc(N3CCN(CCNS(=O)(=O)c4ccc(C)cc4)CC3)n2)c1. The van der Waals surface area contributed by atoms with Crippen LogP contribution in [0.1, 0.15) is 17.0 Å². The van der Waals surface area contributed by atoms with Crippen LogP contribution >= 0.6 is 11.5 Å². The Bertz CT molecular complexity index is 1160. The zero-order chi connectivity index (χ0) is 23.3. The first-order valence-electron chi connectivity index (χ1n) is 10.9. The number of nitrogens with one attached hydrogen (secondary N) is 1. The third-order valence-electron chi connectivity index (χ3n) is 5.65. The quantitative estimate of drug-likeness (QED) is 0.496. The van der Waals surface area contributed by atoms with E-state index in [9.17, 15) is 8.42 Å². The predicted molar refractivity (Wildman–Crippen MR) is 131 cm³/mol. The summed E-state index contributed by atoms with van der Waals surface area (Å²) in [6.45, 7) is 6.41. The van der Waals surface area contributed by atoms with Gasteiger partial charge in [0.15, 0.2) is 0 Å². The molecule has 0 spiro atoms. The van der Waals surface area contributed by atoms with Crippen LogP contribution in [0.5, 0.6) is 5.75 Å². The summed E-state index contributed by atoms with van der Waals surface area (Å²) >= 11 is 1.43. The van der Waals surface area contributed by atoms with Crippen molar-refractivity contribution in [3.63, 3.8) is 0 Å². The summed E-state index contributed by atoms with van der Waals surface area (Å²) in [5.74, 6) is 1.65. The molecule has 2 aromatic carbocycles. The van der Waals surface area contributed by atoms with Crippen molar-refractivity contribution in [2.45, 2.75) is 18.2 Å². The molecule has 0 unspecified atom stereocenters. The van der Waals surface area contributed by atoms with Gasteiger partial charge in [-0.1, -0.05) is 29.8 Å². The van der Waals surface area contributed by atoms with Crippen LogP contribution in [0.25, 0.3) is 0 Å². The molecule has 0 saturated carbocycles. The second kappa shape index (κ2) is 10.6. The van der Waals surface area contributed by atoms with Gasteiger partial charge < -0.3 is 9.64 Å². The van der Waals surface area contributed by atoms with E-state index >= 15 is 0 Å². The average Bonchev–Trinajstić information content (AvgIpc) is 3.28. The number of aryl methyl sites for hydroxylation is 1. The number of piperazine rings is 1. The number of methoxy groups -OCH3 is 1. The minimum Gasteiger partial charge on any atom is -0.497 e. The molecule has 0 atom stereocenters. The molecule has 0 bridgehead atoms. The fourth-order valence-electron chi connectivity index (χ4n) is 3.71. The van der Waals surface area contributed by atoms with Gasteiger partial charge >= 0.3 is 0 Å². The number of hydrogen-bond donors (Lipinski definition) is 1. The predicted octanol–water partition coefficient (Wildman–Crippen LogP) is 2.55. The molecule has 1 aromatic heterocycles. The van der Waals surface area contributed by atoms with E-state index in [1.54, 1.807) is 19.2 Å². The zero-order valence-corrected chi connectivity index (χ0v) is 20.5. The lowest BCUT2D eigenvalue weighted by molar-refractivity contribution is 0.262. The number of benzene rings is 2. The maximum absolute atomic E-state index is 12.4. The largest absolute Gasteiger partial charge is 0.497 e. The van der Waals surface area contributed by atoms with Crippen LogP contribution in [0, 0.1) is 6.92 Å². The summed E-state index contributed by atoms with van der Waals surface area (Å²) in [7, 11) is -1.81. The van der Waals surface area contributed by atoms with E-state index < -0.39 is 10.0 Å². The molecule has 2 heterocycles. The molecule has 8 nitrogen and oxygen atoms in total. The topological polar surface area (TPSA) is 87.7 Å². The van der Waals surface area contributed by atoms with Gasteiger partial charge in [0.05, 0.1) is 12.0 Å². The Balaban J connectivity index is 1.23. The standard InChI is InChI=1S/C23H29N5O3S2/c1-18-6-8-21(9-7-18)33(29,30)24-10-11-27-12-14-28(15-13-27)23-25-22(26-32-23)17-19-4-3-5-20(16-19)31-2/h3-9,16,24H,10-15,17H2,1-2H3. The first-order chi connectivity index (χ1) is 15.9. The third kappa shape index (κ3) is 6.29. The minimum absolute atomic E-state index is 0.305. The Labute approximate surface area is 199 Å². The maximum atomic E-state index is 12.4. The van der Waals surface area contributed by atoms with E-state index in [4.69, 9.17) is 9.72 Å². The smallest absolute Gasteiger partial charge is 0.240 e. The van der Waals surface area contributed by atoms with Crippen LogP contribution in [-0.4, -0.2) is 69.1 Å². The molecule has 0 aliphatic carbocycles. The van der Waals surface area contributed by atoms with Gasteiger partial charge in [-0.3, -0.25) is 4.90 Å². The molecule has 1 fully saturated rings. The fraction of sp³-hybridized carbons (Fsp3) is 0.391. The Morgan fingerprint density at radius 1 is 1.09 bits per heavy atom. The number of hydrogen-bond acceptors (Lipinski definition) is 8. The molecule has 4 rings (SSSR count). The average molecular weight is 488 g/mol. The molecule has 33 heavy (non-hydrogen) atoms. The number of rotatable bonds is 9. The Morgan fingerprint density at radius 3 is 2.58 bits per heavy atom. The monoisotopic (exact) mass is 487 g/mol. The summed E-state index contributed by atoms with van der Waals surface area (Å²) in [5.41, 5.74) is 2.16. The van der Waals surface area contributed by atoms with E-state index in [2.05, 4.69) is 25.0 Å². The Hall–Kier alpha value is -2.53. The Kier molecular flexibility index (Phi) is 7.59. The van der Waals surface area contributed by atoms with E-state index in [1.807, 2.05) is 37.3 Å². The van der Waals surface area contributed by atoms with Crippen molar-refractivity contribution in [3.05, 3.63) is 65.5 Å². The molecule has 1 saturated heterocycles. The van der Waals surface area contributed by atoms with Crippen LogP contribution in [0.2, 0.25) is 0 Å². The number of sulfonamides is 1. The van der Waals surface area contributed by atoms with Gasteiger partial charge in [0, 0.05) is 57.2 Å². The van der Waals surface area contributed by atoms with Crippen LogP contribution in [0.4, 0.5) is 5.13 Å². The van der Waals surface area contributed by atoms with Gasteiger partial charge in [-0.2, -0.15) is 4.37 Å². The number of aromatic nitrogens is 2. The van der Waals surface area contributed by atoms with E-state index in [0.717, 1.165) is 54.0 Å². The molecule has 10 heteroatoms. The molecule has 0 radical (unpaired) electrons. The molecule has 176 valence electrons. The molecule has 0 amide bonds. The second-order valence-corrected chi connectivity index (χ2v) is 10.6. The van der Waals surface area contributed by atoms with E-state index in [0.29, 0.717) is 24.4 Å². The van der Waals surface area contributed by atoms with Crippen molar-refractivity contribution < 1.29 is 13.2 Å². The van der Waals surface area contributed by atoms with Gasteiger partial charge in [0.2, 0.25) is 15.2 Å². The zero-order valence-electron chi connectivity index (χ0n) is 18.9.